The molecular weight excluding hydrogens is 500 g/mol. The Morgan fingerprint density at radius 1 is 1.03 bits per heavy atom. The summed E-state index contributed by atoms with van der Waals surface area (Å²) in [6.45, 7) is 8.24. The molecule has 9 heteroatoms. The minimum Gasteiger partial charge on any atom is -0.406 e. The Balaban J connectivity index is 1.41. The quantitative estimate of drug-likeness (QED) is 0.173. The summed E-state index contributed by atoms with van der Waals surface area (Å²) in [4.78, 5) is 10.4. The Bertz CT molecular complexity index is 1160. The zero-order valence-corrected chi connectivity index (χ0v) is 23.3. The fourth-order valence-corrected chi connectivity index (χ4v) is 9.95. The van der Waals surface area contributed by atoms with E-state index in [1.165, 1.54) is 22.5 Å². The van der Waals surface area contributed by atoms with E-state index >= 15 is 0 Å². The largest absolute Gasteiger partial charge is 0.406 e. The maximum Gasteiger partial charge on any atom is 0.269 e. The SMILES string of the molecule is CC(C)(C)[Si](OC[C@@H]1C[C@@H](NC(=S)Nc2ccc([N+](=O)[O-])cc2)CN1)(c1ccccc1)c1ccccc1. The highest BCUT2D eigenvalue weighted by molar-refractivity contribution is 7.80. The summed E-state index contributed by atoms with van der Waals surface area (Å²) >= 11 is 5.49. The minimum absolute atomic E-state index is 0.0492. The number of hydrogen-bond donors (Lipinski definition) is 3. The highest BCUT2D eigenvalue weighted by Crippen LogP contribution is 2.37. The summed E-state index contributed by atoms with van der Waals surface area (Å²) in [6.07, 6.45) is 0.875. The molecule has 3 aromatic carbocycles. The number of nitro benzene ring substituents is 1. The van der Waals surface area contributed by atoms with Crippen molar-refractivity contribution in [2.24, 2.45) is 0 Å². The molecule has 1 fully saturated rings. The topological polar surface area (TPSA) is 88.5 Å². The Labute approximate surface area is 224 Å². The fraction of sp³-hybridized carbons (Fsp3) is 0.321. The molecule has 0 amide bonds. The highest BCUT2D eigenvalue weighted by atomic mass is 32.1. The molecule has 2 atom stereocenters. The molecule has 0 spiro atoms. The Morgan fingerprint density at radius 3 is 2.11 bits per heavy atom. The van der Waals surface area contributed by atoms with Crippen LogP contribution < -0.4 is 26.3 Å². The van der Waals surface area contributed by atoms with Gasteiger partial charge in [0.15, 0.2) is 5.11 Å². The van der Waals surface area contributed by atoms with Crippen molar-refractivity contribution in [2.75, 3.05) is 18.5 Å². The Kier molecular flexibility index (Phi) is 8.38. The van der Waals surface area contributed by atoms with Gasteiger partial charge in [-0.25, -0.2) is 0 Å². The third-order valence-corrected chi connectivity index (χ3v) is 12.0. The van der Waals surface area contributed by atoms with Crippen LogP contribution in [0.3, 0.4) is 0 Å². The summed E-state index contributed by atoms with van der Waals surface area (Å²) < 4.78 is 7.07. The Morgan fingerprint density at radius 2 is 1.59 bits per heavy atom. The molecule has 1 saturated heterocycles. The average Bonchev–Trinajstić information content (AvgIpc) is 3.32. The van der Waals surface area contributed by atoms with Crippen LogP contribution in [0.4, 0.5) is 11.4 Å². The Hall–Kier alpha value is -3.11. The molecule has 3 N–H and O–H groups in total. The lowest BCUT2D eigenvalue weighted by Gasteiger charge is -2.43. The van der Waals surface area contributed by atoms with Gasteiger partial charge in [0.2, 0.25) is 0 Å². The second-order valence-electron chi connectivity index (χ2n) is 10.4. The second-order valence-corrected chi connectivity index (χ2v) is 15.1. The number of nitrogens with zero attached hydrogens (tertiary/aromatic N) is 1. The molecule has 3 aromatic rings. The predicted molar refractivity (Wildman–Crippen MR) is 156 cm³/mol. The van der Waals surface area contributed by atoms with E-state index in [-0.39, 0.29) is 22.8 Å². The van der Waals surface area contributed by atoms with Crippen LogP contribution in [0.2, 0.25) is 5.04 Å². The van der Waals surface area contributed by atoms with E-state index < -0.39 is 13.2 Å². The molecule has 0 radical (unpaired) electrons. The molecule has 0 saturated carbocycles. The number of benzene rings is 3. The standard InChI is InChI=1S/C28H34N4O3SSi/c1-28(2,3)37(25-10-6-4-7-11-25,26-12-8-5-9-13-26)35-20-23-18-22(19-29-23)31-27(36)30-21-14-16-24(17-15-21)32(33)34/h4-17,22-23,29H,18-20H2,1-3H3,(H2,30,31,36)/t22-,23+/m1/s1. The van der Waals surface area contributed by atoms with Crippen LogP contribution in [0, 0.1) is 10.1 Å². The van der Waals surface area contributed by atoms with Crippen molar-refractivity contribution < 1.29 is 9.35 Å². The minimum atomic E-state index is -2.58. The molecule has 0 aromatic heterocycles. The van der Waals surface area contributed by atoms with Gasteiger partial charge in [-0.1, -0.05) is 81.4 Å². The lowest BCUT2D eigenvalue weighted by molar-refractivity contribution is -0.384. The third kappa shape index (κ3) is 6.24. The molecule has 4 rings (SSSR count). The maximum atomic E-state index is 10.9. The first kappa shape index (κ1) is 26.9. The van der Waals surface area contributed by atoms with E-state index in [9.17, 15) is 10.1 Å². The van der Waals surface area contributed by atoms with Crippen LogP contribution >= 0.6 is 12.2 Å². The van der Waals surface area contributed by atoms with Crippen molar-refractivity contribution in [1.82, 2.24) is 10.6 Å². The summed E-state index contributed by atoms with van der Waals surface area (Å²) in [5.41, 5.74) is 0.758. The molecule has 0 unspecified atom stereocenters. The van der Waals surface area contributed by atoms with Crippen LogP contribution in [0.1, 0.15) is 27.2 Å². The number of thiocarbonyl (C=S) groups is 1. The molecule has 0 bridgehead atoms. The van der Waals surface area contributed by atoms with Crippen molar-refractivity contribution in [3.8, 4) is 0 Å². The lowest BCUT2D eigenvalue weighted by atomic mass is 10.2. The van der Waals surface area contributed by atoms with Crippen molar-refractivity contribution in [3.05, 3.63) is 95.0 Å². The van der Waals surface area contributed by atoms with Crippen molar-refractivity contribution in [1.29, 1.82) is 0 Å². The van der Waals surface area contributed by atoms with Crippen molar-refractivity contribution in [3.63, 3.8) is 0 Å². The number of non-ortho nitro benzene ring substituents is 1. The molecule has 194 valence electrons. The number of nitro groups is 1. The van der Waals surface area contributed by atoms with Gasteiger partial charge in [0.25, 0.3) is 14.0 Å². The first-order chi connectivity index (χ1) is 17.7. The van der Waals surface area contributed by atoms with Gasteiger partial charge in [0.05, 0.1) is 11.5 Å². The number of nitrogens with one attached hydrogen (secondary N) is 3. The molecule has 1 aliphatic heterocycles. The number of rotatable bonds is 8. The van der Waals surface area contributed by atoms with Gasteiger partial charge in [-0.05, 0) is 46.2 Å². The highest BCUT2D eigenvalue weighted by Gasteiger charge is 2.50. The van der Waals surface area contributed by atoms with Gasteiger partial charge in [-0.3, -0.25) is 10.1 Å². The zero-order valence-electron chi connectivity index (χ0n) is 21.4. The second kappa shape index (κ2) is 11.5. The molecule has 0 aliphatic carbocycles. The smallest absolute Gasteiger partial charge is 0.269 e. The molecule has 37 heavy (non-hydrogen) atoms. The van der Waals surface area contributed by atoms with Gasteiger partial charge in [0.1, 0.15) is 0 Å². The van der Waals surface area contributed by atoms with Gasteiger partial charge in [0, 0.05) is 36.4 Å². The number of anilines is 1. The monoisotopic (exact) mass is 534 g/mol. The molecule has 1 aliphatic rings. The van der Waals surface area contributed by atoms with E-state index in [2.05, 4.69) is 97.4 Å². The number of hydrogen-bond acceptors (Lipinski definition) is 5. The average molecular weight is 535 g/mol. The summed E-state index contributed by atoms with van der Waals surface area (Å²) in [5.74, 6) is 0. The maximum absolute atomic E-state index is 10.9. The summed E-state index contributed by atoms with van der Waals surface area (Å²) in [6, 6.07) is 27.9. The summed E-state index contributed by atoms with van der Waals surface area (Å²) in [7, 11) is -2.58. The third-order valence-electron chi connectivity index (χ3n) is 6.81. The normalized spacial score (nSPS) is 17.8. The van der Waals surface area contributed by atoms with Gasteiger partial charge < -0.3 is 20.4 Å². The molecule has 1 heterocycles. The predicted octanol–water partition coefficient (Wildman–Crippen LogP) is 4.19. The molecule has 7 nitrogen and oxygen atoms in total. The fourth-order valence-electron chi connectivity index (χ4n) is 5.06. The van der Waals surface area contributed by atoms with E-state index in [4.69, 9.17) is 16.6 Å². The van der Waals surface area contributed by atoms with E-state index in [0.717, 1.165) is 13.0 Å². The van der Waals surface area contributed by atoms with Crippen LogP contribution in [0.5, 0.6) is 0 Å². The van der Waals surface area contributed by atoms with E-state index in [1.54, 1.807) is 12.1 Å². The van der Waals surface area contributed by atoms with Gasteiger partial charge in [-0.2, -0.15) is 0 Å². The summed E-state index contributed by atoms with van der Waals surface area (Å²) in [5, 5.41) is 23.9. The first-order valence-corrected chi connectivity index (χ1v) is 14.8. The first-order valence-electron chi connectivity index (χ1n) is 12.5. The van der Waals surface area contributed by atoms with Crippen LogP contribution in [-0.4, -0.2) is 43.6 Å². The van der Waals surface area contributed by atoms with Gasteiger partial charge >= 0.3 is 0 Å². The van der Waals surface area contributed by atoms with Crippen molar-refractivity contribution >= 4 is 47.4 Å². The zero-order chi connectivity index (χ0) is 26.5. The van der Waals surface area contributed by atoms with Crippen LogP contribution in [-0.2, 0) is 4.43 Å². The van der Waals surface area contributed by atoms with Gasteiger partial charge in [-0.15, -0.1) is 0 Å². The lowest BCUT2D eigenvalue weighted by Crippen LogP contribution is -2.67. The van der Waals surface area contributed by atoms with Crippen molar-refractivity contribution in [2.45, 2.75) is 44.3 Å². The van der Waals surface area contributed by atoms with E-state index in [0.29, 0.717) is 17.4 Å². The molecular formula is C28H34N4O3SSi. The van der Waals surface area contributed by atoms with Crippen LogP contribution in [0.15, 0.2) is 84.9 Å². The van der Waals surface area contributed by atoms with E-state index in [1.807, 2.05) is 0 Å². The van der Waals surface area contributed by atoms with Crippen LogP contribution in [0.25, 0.3) is 0 Å².